The van der Waals surface area contributed by atoms with Crippen LogP contribution in [0.5, 0.6) is 0 Å². The molecule has 0 saturated carbocycles. The van der Waals surface area contributed by atoms with Crippen LogP contribution in [-0.2, 0) is 14.3 Å². The molecular weight excluding hydrogens is 312 g/mol. The van der Waals surface area contributed by atoms with Gasteiger partial charge in [0.1, 0.15) is 12.1 Å². The number of amides is 1. The van der Waals surface area contributed by atoms with E-state index >= 15 is 0 Å². The van der Waals surface area contributed by atoms with Gasteiger partial charge in [0, 0.05) is 5.56 Å². The summed E-state index contributed by atoms with van der Waals surface area (Å²) >= 11 is 0. The molecule has 1 saturated heterocycles. The fraction of sp³-hybridized carbons (Fsp3) is 0.353. The monoisotopic (exact) mass is 330 g/mol. The van der Waals surface area contributed by atoms with E-state index in [4.69, 9.17) is 14.3 Å². The van der Waals surface area contributed by atoms with Crippen molar-refractivity contribution in [2.45, 2.75) is 38.0 Å². The summed E-state index contributed by atoms with van der Waals surface area (Å²) in [5.74, 6) is -0.394. The van der Waals surface area contributed by atoms with Crippen LogP contribution in [0.15, 0.2) is 40.9 Å². The Morgan fingerprint density at radius 1 is 1.25 bits per heavy atom. The summed E-state index contributed by atoms with van der Waals surface area (Å²) in [6.07, 6.45) is 0.661. The molecule has 3 rings (SSSR count). The number of aliphatic carboxylic acids is 1. The van der Waals surface area contributed by atoms with Crippen LogP contribution in [0.1, 0.15) is 31.7 Å². The molecule has 24 heavy (non-hydrogen) atoms. The van der Waals surface area contributed by atoms with Crippen LogP contribution in [-0.4, -0.2) is 34.2 Å². The first-order valence-electron chi connectivity index (χ1n) is 7.74. The molecule has 7 heteroatoms. The summed E-state index contributed by atoms with van der Waals surface area (Å²) in [6, 6.07) is 9.09. The van der Waals surface area contributed by atoms with Gasteiger partial charge in [-0.2, -0.15) is 0 Å². The van der Waals surface area contributed by atoms with Gasteiger partial charge in [-0.1, -0.05) is 30.3 Å². The van der Waals surface area contributed by atoms with Gasteiger partial charge < -0.3 is 19.6 Å². The topological polar surface area (TPSA) is 102 Å². The fourth-order valence-electron chi connectivity index (χ4n) is 2.60. The van der Waals surface area contributed by atoms with Gasteiger partial charge in [-0.15, -0.1) is 0 Å². The fourth-order valence-corrected chi connectivity index (χ4v) is 2.60. The SMILES string of the molecule is CC(NC(=O)[C@@H]1CC[C@H](C(=O)O)O1)c1ncc(-c2ccccc2)o1. The summed E-state index contributed by atoms with van der Waals surface area (Å²) < 4.78 is 10.9. The molecule has 1 aromatic carbocycles. The number of carboxylic acids is 1. The maximum Gasteiger partial charge on any atom is 0.332 e. The third-order valence-corrected chi connectivity index (χ3v) is 3.90. The van der Waals surface area contributed by atoms with Crippen LogP contribution >= 0.6 is 0 Å². The minimum absolute atomic E-state index is 0.332. The second-order valence-corrected chi connectivity index (χ2v) is 5.69. The standard InChI is InChI=1S/C17H18N2O5/c1-10(19-15(20)12-7-8-13(23-12)17(21)22)16-18-9-14(24-16)11-5-3-2-4-6-11/h2-6,9-10,12-13H,7-8H2,1H3,(H,19,20)(H,21,22)/t10?,12-,13+/m0/s1. The van der Waals surface area contributed by atoms with E-state index in [1.807, 2.05) is 30.3 Å². The summed E-state index contributed by atoms with van der Waals surface area (Å²) in [4.78, 5) is 27.2. The highest BCUT2D eigenvalue weighted by atomic mass is 16.5. The van der Waals surface area contributed by atoms with Gasteiger partial charge in [0.05, 0.1) is 6.20 Å². The molecule has 3 atom stereocenters. The second-order valence-electron chi connectivity index (χ2n) is 5.69. The van der Waals surface area contributed by atoms with Crippen LogP contribution in [0, 0.1) is 0 Å². The largest absolute Gasteiger partial charge is 0.479 e. The number of ether oxygens (including phenoxy) is 1. The van der Waals surface area contributed by atoms with Gasteiger partial charge >= 0.3 is 5.97 Å². The molecule has 7 nitrogen and oxygen atoms in total. The molecule has 0 radical (unpaired) electrons. The molecule has 1 aliphatic heterocycles. The molecule has 1 unspecified atom stereocenters. The van der Waals surface area contributed by atoms with E-state index in [9.17, 15) is 9.59 Å². The quantitative estimate of drug-likeness (QED) is 0.871. The van der Waals surface area contributed by atoms with E-state index in [0.29, 0.717) is 24.5 Å². The third-order valence-electron chi connectivity index (χ3n) is 3.90. The Morgan fingerprint density at radius 2 is 1.96 bits per heavy atom. The number of carbonyl (C=O) groups excluding carboxylic acids is 1. The summed E-state index contributed by atoms with van der Waals surface area (Å²) in [5.41, 5.74) is 0.901. The number of benzene rings is 1. The van der Waals surface area contributed by atoms with Gasteiger partial charge in [0.15, 0.2) is 11.9 Å². The van der Waals surface area contributed by atoms with Crippen molar-refractivity contribution in [3.8, 4) is 11.3 Å². The van der Waals surface area contributed by atoms with Crippen LogP contribution < -0.4 is 5.32 Å². The number of carboxylic acid groups (broad SMARTS) is 1. The second kappa shape index (κ2) is 6.84. The van der Waals surface area contributed by atoms with Gasteiger partial charge in [-0.05, 0) is 19.8 Å². The molecule has 0 bridgehead atoms. The van der Waals surface area contributed by atoms with Crippen LogP contribution in [0.3, 0.4) is 0 Å². The van der Waals surface area contributed by atoms with Crippen molar-refractivity contribution in [3.05, 3.63) is 42.4 Å². The number of nitrogens with one attached hydrogen (secondary N) is 1. The number of oxazole rings is 1. The van der Waals surface area contributed by atoms with Gasteiger partial charge in [-0.25, -0.2) is 9.78 Å². The van der Waals surface area contributed by atoms with Crippen molar-refractivity contribution in [2.24, 2.45) is 0 Å². The van der Waals surface area contributed by atoms with E-state index in [0.717, 1.165) is 5.56 Å². The number of aromatic nitrogens is 1. The van der Waals surface area contributed by atoms with Crippen molar-refractivity contribution >= 4 is 11.9 Å². The Hall–Kier alpha value is -2.67. The Balaban J connectivity index is 1.61. The van der Waals surface area contributed by atoms with E-state index in [2.05, 4.69) is 10.3 Å². The van der Waals surface area contributed by atoms with Crippen LogP contribution in [0.4, 0.5) is 0 Å². The molecule has 2 heterocycles. The zero-order chi connectivity index (χ0) is 17.1. The number of hydrogen-bond acceptors (Lipinski definition) is 5. The highest BCUT2D eigenvalue weighted by Crippen LogP contribution is 2.24. The molecule has 2 N–H and O–H groups in total. The Kier molecular flexibility index (Phi) is 4.61. The smallest absolute Gasteiger partial charge is 0.332 e. The predicted molar refractivity (Wildman–Crippen MR) is 84.0 cm³/mol. The van der Waals surface area contributed by atoms with E-state index in [1.54, 1.807) is 13.1 Å². The van der Waals surface area contributed by atoms with Crippen molar-refractivity contribution in [1.29, 1.82) is 0 Å². The van der Waals surface area contributed by atoms with Crippen molar-refractivity contribution in [1.82, 2.24) is 10.3 Å². The van der Waals surface area contributed by atoms with E-state index in [1.165, 1.54) is 0 Å². The lowest BCUT2D eigenvalue weighted by Crippen LogP contribution is -2.37. The van der Waals surface area contributed by atoms with E-state index in [-0.39, 0.29) is 5.91 Å². The van der Waals surface area contributed by atoms with Crippen LogP contribution in [0.25, 0.3) is 11.3 Å². The Labute approximate surface area is 138 Å². The lowest BCUT2D eigenvalue weighted by molar-refractivity contribution is -0.151. The maximum atomic E-state index is 12.2. The third kappa shape index (κ3) is 3.46. The number of nitrogens with zero attached hydrogens (tertiary/aromatic N) is 1. The van der Waals surface area contributed by atoms with Gasteiger partial charge in [0.25, 0.3) is 0 Å². The molecule has 1 fully saturated rings. The zero-order valence-corrected chi connectivity index (χ0v) is 13.1. The average molecular weight is 330 g/mol. The number of rotatable bonds is 5. The predicted octanol–water partition coefficient (Wildman–Crippen LogP) is 2.15. The van der Waals surface area contributed by atoms with Crippen molar-refractivity contribution in [2.75, 3.05) is 0 Å². The average Bonchev–Trinajstić information content (AvgIpc) is 3.25. The van der Waals surface area contributed by atoms with Crippen LogP contribution in [0.2, 0.25) is 0 Å². The summed E-state index contributed by atoms with van der Waals surface area (Å²) in [5, 5.41) is 11.7. The van der Waals surface area contributed by atoms with Crippen molar-refractivity contribution in [3.63, 3.8) is 0 Å². The Morgan fingerprint density at radius 3 is 2.62 bits per heavy atom. The summed E-state index contributed by atoms with van der Waals surface area (Å²) in [7, 11) is 0. The molecule has 126 valence electrons. The first-order valence-corrected chi connectivity index (χ1v) is 7.74. The normalized spacial score (nSPS) is 21.4. The molecule has 0 spiro atoms. The first-order chi connectivity index (χ1) is 11.5. The minimum Gasteiger partial charge on any atom is -0.479 e. The molecular formula is C17H18N2O5. The molecule has 1 aliphatic rings. The highest BCUT2D eigenvalue weighted by molar-refractivity contribution is 5.82. The number of carbonyl (C=O) groups is 2. The van der Waals surface area contributed by atoms with Gasteiger partial charge in [0.2, 0.25) is 11.8 Å². The van der Waals surface area contributed by atoms with E-state index < -0.39 is 24.2 Å². The Bertz CT molecular complexity index is 728. The lowest BCUT2D eigenvalue weighted by atomic mass is 10.2. The van der Waals surface area contributed by atoms with Gasteiger partial charge in [-0.3, -0.25) is 4.79 Å². The molecule has 1 aromatic heterocycles. The summed E-state index contributed by atoms with van der Waals surface area (Å²) in [6.45, 7) is 1.75. The minimum atomic E-state index is -1.04. The first kappa shape index (κ1) is 16.2. The zero-order valence-electron chi connectivity index (χ0n) is 13.1. The molecule has 2 aromatic rings. The maximum absolute atomic E-state index is 12.2. The molecule has 1 amide bonds. The number of hydrogen-bond donors (Lipinski definition) is 2. The molecule has 0 aliphatic carbocycles. The highest BCUT2D eigenvalue weighted by Gasteiger charge is 2.35. The van der Waals surface area contributed by atoms with Crippen molar-refractivity contribution < 1.29 is 23.8 Å². The lowest BCUT2D eigenvalue weighted by Gasteiger charge is -2.15.